The number of aryl methyl sites for hydroxylation is 2. The highest BCUT2D eigenvalue weighted by atomic mass is 15.3. The van der Waals surface area contributed by atoms with E-state index in [2.05, 4.69) is 44.3 Å². The van der Waals surface area contributed by atoms with Crippen molar-refractivity contribution in [2.24, 2.45) is 0 Å². The molecule has 1 aromatic heterocycles. The van der Waals surface area contributed by atoms with Crippen molar-refractivity contribution in [3.8, 4) is 0 Å². The van der Waals surface area contributed by atoms with Crippen molar-refractivity contribution in [2.45, 2.75) is 25.9 Å². The second-order valence-corrected chi connectivity index (χ2v) is 4.35. The molecular formula is C13H16N4. The van der Waals surface area contributed by atoms with E-state index in [-0.39, 0.29) is 0 Å². The third-order valence-electron chi connectivity index (χ3n) is 3.18. The van der Waals surface area contributed by atoms with Gasteiger partial charge in [-0.3, -0.25) is 0 Å². The molecule has 0 amide bonds. The second-order valence-electron chi connectivity index (χ2n) is 4.35. The van der Waals surface area contributed by atoms with E-state index in [1.807, 2.05) is 6.07 Å². The Bertz CT molecular complexity index is 489. The van der Waals surface area contributed by atoms with Crippen molar-refractivity contribution in [2.75, 3.05) is 6.54 Å². The highest BCUT2D eigenvalue weighted by molar-refractivity contribution is 5.15. The van der Waals surface area contributed by atoms with Gasteiger partial charge >= 0.3 is 0 Å². The van der Waals surface area contributed by atoms with E-state index in [4.69, 9.17) is 0 Å². The molecule has 0 bridgehead atoms. The van der Waals surface area contributed by atoms with Gasteiger partial charge in [-0.15, -0.1) is 10.2 Å². The number of fused-ring (bicyclic) bond motifs is 1. The van der Waals surface area contributed by atoms with Gasteiger partial charge in [0.25, 0.3) is 0 Å². The minimum atomic E-state index is 0.846. The third kappa shape index (κ3) is 2.22. The lowest BCUT2D eigenvalue weighted by molar-refractivity contribution is 0.493. The Morgan fingerprint density at radius 1 is 1.12 bits per heavy atom. The number of nitrogens with zero attached hydrogens (tertiary/aromatic N) is 3. The molecule has 2 heterocycles. The molecule has 1 aliphatic rings. The zero-order chi connectivity index (χ0) is 11.5. The van der Waals surface area contributed by atoms with Gasteiger partial charge in [0.1, 0.15) is 11.6 Å². The molecule has 0 spiro atoms. The molecule has 0 radical (unpaired) electrons. The minimum Gasteiger partial charge on any atom is -0.313 e. The van der Waals surface area contributed by atoms with Gasteiger partial charge in [0.05, 0.1) is 6.54 Å². The first kappa shape index (κ1) is 10.5. The number of hydrogen-bond donors (Lipinski definition) is 1. The predicted octanol–water partition coefficient (Wildman–Crippen LogP) is 1.17. The molecule has 1 aromatic carbocycles. The summed E-state index contributed by atoms with van der Waals surface area (Å²) in [7, 11) is 0. The summed E-state index contributed by atoms with van der Waals surface area (Å²) >= 11 is 0. The Morgan fingerprint density at radius 3 is 2.88 bits per heavy atom. The van der Waals surface area contributed by atoms with Crippen LogP contribution < -0.4 is 5.32 Å². The van der Waals surface area contributed by atoms with Gasteiger partial charge in [0.2, 0.25) is 0 Å². The zero-order valence-corrected chi connectivity index (χ0v) is 9.76. The van der Waals surface area contributed by atoms with Crippen LogP contribution in [0.1, 0.15) is 17.2 Å². The molecule has 3 rings (SSSR count). The molecular weight excluding hydrogens is 212 g/mol. The first-order valence-electron chi connectivity index (χ1n) is 6.09. The van der Waals surface area contributed by atoms with Crippen molar-refractivity contribution in [1.29, 1.82) is 0 Å². The van der Waals surface area contributed by atoms with Crippen LogP contribution in [0.3, 0.4) is 0 Å². The lowest BCUT2D eigenvalue weighted by Gasteiger charge is -2.15. The van der Waals surface area contributed by atoms with Crippen molar-refractivity contribution >= 4 is 0 Å². The van der Waals surface area contributed by atoms with Crippen LogP contribution in [0.5, 0.6) is 0 Å². The Hall–Kier alpha value is -1.68. The third-order valence-corrected chi connectivity index (χ3v) is 3.18. The molecule has 0 atom stereocenters. The lowest BCUT2D eigenvalue weighted by atomic mass is 10.1. The molecule has 4 nitrogen and oxygen atoms in total. The summed E-state index contributed by atoms with van der Waals surface area (Å²) in [5.41, 5.74) is 1.36. The maximum absolute atomic E-state index is 4.29. The summed E-state index contributed by atoms with van der Waals surface area (Å²) in [5.74, 6) is 2.18. The molecule has 0 unspecified atom stereocenters. The van der Waals surface area contributed by atoms with E-state index in [1.165, 1.54) is 5.56 Å². The van der Waals surface area contributed by atoms with Gasteiger partial charge in [-0.2, -0.15) is 0 Å². The summed E-state index contributed by atoms with van der Waals surface area (Å²) in [6.07, 6.45) is 2.00. The summed E-state index contributed by atoms with van der Waals surface area (Å²) in [4.78, 5) is 0. The molecule has 0 saturated carbocycles. The fourth-order valence-electron chi connectivity index (χ4n) is 2.24. The van der Waals surface area contributed by atoms with Gasteiger partial charge < -0.3 is 9.88 Å². The highest BCUT2D eigenvalue weighted by Crippen LogP contribution is 2.09. The quantitative estimate of drug-likeness (QED) is 0.857. The average molecular weight is 228 g/mol. The molecule has 1 aliphatic heterocycles. The Balaban J connectivity index is 1.71. The van der Waals surface area contributed by atoms with Crippen molar-refractivity contribution in [3.63, 3.8) is 0 Å². The largest absolute Gasteiger partial charge is 0.313 e. The van der Waals surface area contributed by atoms with Crippen LogP contribution >= 0.6 is 0 Å². The number of nitrogens with one attached hydrogen (secondary N) is 1. The fourth-order valence-corrected chi connectivity index (χ4v) is 2.24. The van der Waals surface area contributed by atoms with E-state index in [9.17, 15) is 0 Å². The molecule has 2 aromatic rings. The van der Waals surface area contributed by atoms with Crippen LogP contribution in [0.2, 0.25) is 0 Å². The Morgan fingerprint density at radius 2 is 2.00 bits per heavy atom. The maximum atomic E-state index is 4.29. The van der Waals surface area contributed by atoms with Gasteiger partial charge in [-0.1, -0.05) is 30.3 Å². The topological polar surface area (TPSA) is 42.7 Å². The van der Waals surface area contributed by atoms with Gasteiger partial charge in [0, 0.05) is 19.5 Å². The van der Waals surface area contributed by atoms with Crippen LogP contribution in [0.25, 0.3) is 0 Å². The van der Waals surface area contributed by atoms with Crippen LogP contribution in [0.15, 0.2) is 30.3 Å². The lowest BCUT2D eigenvalue weighted by Crippen LogP contribution is -2.29. The predicted molar refractivity (Wildman–Crippen MR) is 65.6 cm³/mol. The van der Waals surface area contributed by atoms with Crippen LogP contribution in [-0.4, -0.2) is 21.3 Å². The molecule has 1 N–H and O–H groups in total. The molecule has 0 saturated heterocycles. The van der Waals surface area contributed by atoms with Gasteiger partial charge in [0.15, 0.2) is 0 Å². The van der Waals surface area contributed by atoms with Crippen molar-refractivity contribution in [3.05, 3.63) is 47.5 Å². The summed E-state index contributed by atoms with van der Waals surface area (Å²) in [6.45, 7) is 2.86. The molecule has 0 aliphatic carbocycles. The highest BCUT2D eigenvalue weighted by Gasteiger charge is 2.14. The van der Waals surface area contributed by atoms with Gasteiger partial charge in [-0.25, -0.2) is 0 Å². The molecule has 0 fully saturated rings. The summed E-state index contributed by atoms with van der Waals surface area (Å²) in [6, 6.07) is 10.5. The van der Waals surface area contributed by atoms with E-state index in [1.54, 1.807) is 0 Å². The minimum absolute atomic E-state index is 0.846. The molecule has 17 heavy (non-hydrogen) atoms. The monoisotopic (exact) mass is 228 g/mol. The van der Waals surface area contributed by atoms with Crippen molar-refractivity contribution < 1.29 is 0 Å². The first-order chi connectivity index (χ1) is 8.43. The SMILES string of the molecule is c1ccc(CCc2nnc3n2CCNC3)cc1. The number of aromatic nitrogens is 3. The molecule has 4 heteroatoms. The zero-order valence-electron chi connectivity index (χ0n) is 9.76. The van der Waals surface area contributed by atoms with E-state index >= 15 is 0 Å². The Kier molecular flexibility index (Phi) is 2.88. The number of rotatable bonds is 3. The normalized spacial score (nSPS) is 14.6. The van der Waals surface area contributed by atoms with Crippen LogP contribution in [0.4, 0.5) is 0 Å². The summed E-state index contributed by atoms with van der Waals surface area (Å²) < 4.78 is 2.25. The van der Waals surface area contributed by atoms with Crippen LogP contribution in [0, 0.1) is 0 Å². The Labute approximate surface area is 101 Å². The average Bonchev–Trinajstić information content (AvgIpc) is 2.81. The second kappa shape index (κ2) is 4.67. The van der Waals surface area contributed by atoms with E-state index in [0.29, 0.717) is 0 Å². The molecule has 88 valence electrons. The van der Waals surface area contributed by atoms with E-state index < -0.39 is 0 Å². The van der Waals surface area contributed by atoms with E-state index in [0.717, 1.165) is 44.1 Å². The first-order valence-corrected chi connectivity index (χ1v) is 6.09. The fraction of sp³-hybridized carbons (Fsp3) is 0.385. The number of hydrogen-bond acceptors (Lipinski definition) is 3. The van der Waals surface area contributed by atoms with Crippen LogP contribution in [-0.2, 0) is 25.9 Å². The maximum Gasteiger partial charge on any atom is 0.147 e. The van der Waals surface area contributed by atoms with Crippen molar-refractivity contribution in [1.82, 2.24) is 20.1 Å². The standard InChI is InChI=1S/C13H16N4/c1-2-4-11(5-3-1)6-7-12-15-16-13-10-14-8-9-17(12)13/h1-5,14H,6-10H2. The number of benzene rings is 1. The summed E-state index contributed by atoms with van der Waals surface area (Å²) in [5, 5.41) is 11.8. The smallest absolute Gasteiger partial charge is 0.147 e. The van der Waals surface area contributed by atoms with Gasteiger partial charge in [-0.05, 0) is 12.0 Å².